The summed E-state index contributed by atoms with van der Waals surface area (Å²) in [5.74, 6) is 0.646. The Morgan fingerprint density at radius 2 is 1.84 bits per heavy atom. The minimum atomic E-state index is -0.190. The number of anilines is 1. The molecule has 5 rings (SSSR count). The largest absolute Gasteiger partial charge is 0.324 e. The molecule has 1 N–H and O–H groups in total. The molecule has 3 aromatic carbocycles. The maximum Gasteiger partial charge on any atom is 0.234 e. The molecule has 0 saturated carbocycles. The van der Waals surface area contributed by atoms with Crippen LogP contribution in [-0.4, -0.2) is 31.4 Å². The fourth-order valence-corrected chi connectivity index (χ4v) is 5.38. The molecule has 0 spiro atoms. The fraction of sp³-hybridized carbons (Fsp3) is 0.0714. The van der Waals surface area contributed by atoms with Gasteiger partial charge in [0.05, 0.1) is 27.7 Å². The molecule has 37 heavy (non-hydrogen) atoms. The van der Waals surface area contributed by atoms with Crippen molar-refractivity contribution in [1.82, 2.24) is 19.7 Å². The van der Waals surface area contributed by atoms with E-state index in [9.17, 15) is 4.79 Å². The van der Waals surface area contributed by atoms with Gasteiger partial charge in [-0.25, -0.2) is 4.98 Å². The van der Waals surface area contributed by atoms with E-state index in [2.05, 4.69) is 38.0 Å². The van der Waals surface area contributed by atoms with Crippen LogP contribution in [0.1, 0.15) is 0 Å². The monoisotopic (exact) mass is 589 g/mol. The van der Waals surface area contributed by atoms with Crippen LogP contribution in [0.5, 0.6) is 0 Å². The number of thioether (sulfide) groups is 1. The number of nitrogens with zero attached hydrogens (tertiary/aromatic N) is 4. The summed E-state index contributed by atoms with van der Waals surface area (Å²) >= 11 is 10.9. The molecule has 2 heterocycles. The summed E-state index contributed by atoms with van der Waals surface area (Å²) < 4.78 is 2.81. The van der Waals surface area contributed by atoms with Gasteiger partial charge in [-0.15, -0.1) is 16.8 Å². The van der Waals surface area contributed by atoms with Gasteiger partial charge in [0.15, 0.2) is 11.0 Å². The summed E-state index contributed by atoms with van der Waals surface area (Å²) in [7, 11) is 0. The number of allylic oxidation sites excluding steroid dienone is 1. The van der Waals surface area contributed by atoms with Crippen LogP contribution in [0.2, 0.25) is 5.02 Å². The highest BCUT2D eigenvalue weighted by molar-refractivity contribution is 9.10. The number of amides is 1. The number of benzene rings is 3. The predicted octanol–water partition coefficient (Wildman–Crippen LogP) is 7.49. The Hall–Kier alpha value is -3.46. The smallest absolute Gasteiger partial charge is 0.234 e. The van der Waals surface area contributed by atoms with E-state index in [0.29, 0.717) is 28.2 Å². The van der Waals surface area contributed by atoms with Crippen LogP contribution in [0.3, 0.4) is 0 Å². The Labute approximate surface area is 231 Å². The predicted molar refractivity (Wildman–Crippen MR) is 155 cm³/mol. The Morgan fingerprint density at radius 1 is 1.05 bits per heavy atom. The van der Waals surface area contributed by atoms with E-state index < -0.39 is 0 Å². The lowest BCUT2D eigenvalue weighted by Gasteiger charge is -2.12. The molecule has 0 saturated heterocycles. The zero-order valence-corrected chi connectivity index (χ0v) is 22.7. The molecular formula is C28H21BrClN5OS. The first-order valence-electron chi connectivity index (χ1n) is 11.4. The van der Waals surface area contributed by atoms with Crippen LogP contribution in [0.4, 0.5) is 5.69 Å². The van der Waals surface area contributed by atoms with E-state index >= 15 is 0 Å². The number of rotatable bonds is 8. The molecule has 6 nitrogen and oxygen atoms in total. The van der Waals surface area contributed by atoms with Gasteiger partial charge in [0, 0.05) is 27.5 Å². The van der Waals surface area contributed by atoms with Crippen LogP contribution in [0.25, 0.3) is 33.5 Å². The fourth-order valence-electron chi connectivity index (χ4n) is 3.91. The molecule has 9 heteroatoms. The molecule has 0 aliphatic heterocycles. The second kappa shape index (κ2) is 11.3. The molecule has 1 amide bonds. The molecular weight excluding hydrogens is 570 g/mol. The third-order valence-corrected chi connectivity index (χ3v) is 7.37. The normalized spacial score (nSPS) is 11.0. The standard InChI is InChI=1S/C28H21BrClN5OS/c1-2-14-35-27(33-34-28(35)37-17-26(36)32-24-13-12-19(29)15-22(24)30)21-16-25(18-8-4-3-5-9-18)31-23-11-7-6-10-20(21)23/h2-13,15-16H,1,14,17H2,(H,32,36). The van der Waals surface area contributed by atoms with E-state index in [1.54, 1.807) is 18.2 Å². The summed E-state index contributed by atoms with van der Waals surface area (Å²) in [6.07, 6.45) is 1.79. The first-order chi connectivity index (χ1) is 18.0. The van der Waals surface area contributed by atoms with E-state index in [1.165, 1.54) is 11.8 Å². The topological polar surface area (TPSA) is 72.7 Å². The molecule has 0 unspecified atom stereocenters. The highest BCUT2D eigenvalue weighted by Crippen LogP contribution is 2.33. The molecule has 0 aliphatic carbocycles. The van der Waals surface area contributed by atoms with E-state index in [4.69, 9.17) is 16.6 Å². The van der Waals surface area contributed by atoms with Crippen molar-refractivity contribution in [3.05, 3.63) is 101 Å². The van der Waals surface area contributed by atoms with Crippen LogP contribution in [-0.2, 0) is 11.3 Å². The molecule has 2 aromatic heterocycles. The highest BCUT2D eigenvalue weighted by atomic mass is 79.9. The first-order valence-corrected chi connectivity index (χ1v) is 13.6. The molecule has 0 fully saturated rings. The number of hydrogen-bond acceptors (Lipinski definition) is 5. The number of para-hydroxylation sites is 1. The van der Waals surface area contributed by atoms with Gasteiger partial charge in [0.25, 0.3) is 0 Å². The van der Waals surface area contributed by atoms with Gasteiger partial charge in [-0.05, 0) is 30.3 Å². The maximum absolute atomic E-state index is 12.7. The molecule has 0 bridgehead atoms. The second-order valence-electron chi connectivity index (χ2n) is 8.10. The van der Waals surface area contributed by atoms with Crippen molar-refractivity contribution < 1.29 is 4.79 Å². The zero-order valence-electron chi connectivity index (χ0n) is 19.6. The summed E-state index contributed by atoms with van der Waals surface area (Å²) in [6, 6.07) is 25.4. The van der Waals surface area contributed by atoms with Crippen molar-refractivity contribution in [2.24, 2.45) is 0 Å². The van der Waals surface area contributed by atoms with E-state index in [0.717, 1.165) is 32.2 Å². The van der Waals surface area contributed by atoms with E-state index in [-0.39, 0.29) is 11.7 Å². The Kier molecular flexibility index (Phi) is 7.69. The lowest BCUT2D eigenvalue weighted by molar-refractivity contribution is -0.113. The number of carbonyl (C=O) groups is 1. The van der Waals surface area contributed by atoms with Gasteiger partial charge >= 0.3 is 0 Å². The number of halogens is 2. The molecule has 0 atom stereocenters. The van der Waals surface area contributed by atoms with Crippen LogP contribution >= 0.6 is 39.3 Å². The van der Waals surface area contributed by atoms with Crippen molar-refractivity contribution in [2.75, 3.05) is 11.1 Å². The Balaban J connectivity index is 1.47. The van der Waals surface area contributed by atoms with Gasteiger partial charge < -0.3 is 5.32 Å². The van der Waals surface area contributed by atoms with Crippen LogP contribution < -0.4 is 5.32 Å². The number of hydrogen-bond donors (Lipinski definition) is 1. The third-order valence-electron chi connectivity index (χ3n) is 5.59. The van der Waals surface area contributed by atoms with Crippen molar-refractivity contribution in [3.8, 4) is 22.6 Å². The van der Waals surface area contributed by atoms with Crippen molar-refractivity contribution >= 4 is 61.8 Å². The van der Waals surface area contributed by atoms with Gasteiger partial charge in [0.1, 0.15) is 0 Å². The quantitative estimate of drug-likeness (QED) is 0.150. The zero-order chi connectivity index (χ0) is 25.8. The molecule has 0 aliphatic rings. The van der Waals surface area contributed by atoms with Gasteiger partial charge in [-0.2, -0.15) is 0 Å². The average Bonchev–Trinajstić information content (AvgIpc) is 3.31. The van der Waals surface area contributed by atoms with Crippen molar-refractivity contribution in [2.45, 2.75) is 11.7 Å². The maximum atomic E-state index is 12.7. The minimum Gasteiger partial charge on any atom is -0.324 e. The summed E-state index contributed by atoms with van der Waals surface area (Å²) in [6.45, 7) is 4.40. The number of fused-ring (bicyclic) bond motifs is 1. The van der Waals surface area contributed by atoms with Gasteiger partial charge in [0.2, 0.25) is 5.91 Å². The average molecular weight is 591 g/mol. The van der Waals surface area contributed by atoms with Crippen LogP contribution in [0, 0.1) is 0 Å². The number of carbonyl (C=O) groups excluding carboxylic acids is 1. The van der Waals surface area contributed by atoms with E-state index in [1.807, 2.05) is 71.3 Å². The van der Waals surface area contributed by atoms with Crippen LogP contribution in [0.15, 0.2) is 101 Å². The summed E-state index contributed by atoms with van der Waals surface area (Å²) in [5, 5.41) is 13.9. The highest BCUT2D eigenvalue weighted by Gasteiger charge is 2.19. The number of pyridine rings is 1. The minimum absolute atomic E-state index is 0.147. The summed E-state index contributed by atoms with van der Waals surface area (Å²) in [5.41, 5.74) is 4.20. The second-order valence-corrected chi connectivity index (χ2v) is 10.4. The number of nitrogens with one attached hydrogen (secondary N) is 1. The summed E-state index contributed by atoms with van der Waals surface area (Å²) in [4.78, 5) is 17.5. The van der Waals surface area contributed by atoms with Gasteiger partial charge in [-0.3, -0.25) is 9.36 Å². The Bertz CT molecular complexity index is 1610. The molecule has 5 aromatic rings. The lowest BCUT2D eigenvalue weighted by atomic mass is 10.0. The van der Waals surface area contributed by atoms with Gasteiger partial charge in [-0.1, -0.05) is 93.9 Å². The third kappa shape index (κ3) is 5.61. The first kappa shape index (κ1) is 25.2. The number of aromatic nitrogens is 4. The lowest BCUT2D eigenvalue weighted by Crippen LogP contribution is -2.15. The molecule has 0 radical (unpaired) electrons. The molecule has 184 valence electrons. The SMILES string of the molecule is C=CCn1c(SCC(=O)Nc2ccc(Br)cc2Cl)nnc1-c1cc(-c2ccccc2)nc2ccccc12. The van der Waals surface area contributed by atoms with Crippen molar-refractivity contribution in [3.63, 3.8) is 0 Å². The Morgan fingerprint density at radius 3 is 2.62 bits per heavy atom. The van der Waals surface area contributed by atoms with Crippen molar-refractivity contribution in [1.29, 1.82) is 0 Å².